The Bertz CT molecular complexity index is 1570. The van der Waals surface area contributed by atoms with Crippen molar-refractivity contribution in [3.05, 3.63) is 81.6 Å². The number of alkyl halides is 2. The van der Waals surface area contributed by atoms with E-state index in [1.807, 2.05) is 0 Å². The van der Waals surface area contributed by atoms with Gasteiger partial charge in [-0.1, -0.05) is 41.4 Å². The molecule has 0 bridgehead atoms. The largest absolute Gasteiger partial charge is 0.870 e. The van der Waals surface area contributed by atoms with Crippen molar-refractivity contribution < 1.29 is 56.2 Å². The third-order valence-electron chi connectivity index (χ3n) is 6.38. The predicted molar refractivity (Wildman–Crippen MR) is 152 cm³/mol. The van der Waals surface area contributed by atoms with Crippen molar-refractivity contribution in [3.63, 3.8) is 0 Å². The fourth-order valence-corrected chi connectivity index (χ4v) is 5.71. The molecule has 1 heterocycles. The summed E-state index contributed by atoms with van der Waals surface area (Å²) in [6, 6.07) is 9.40. The van der Waals surface area contributed by atoms with Crippen molar-refractivity contribution in [1.29, 1.82) is 0 Å². The molecule has 1 atom stereocenters. The molecule has 0 amide bonds. The molecule has 3 N–H and O–H groups in total. The van der Waals surface area contributed by atoms with Gasteiger partial charge in [-0.2, -0.15) is 13.5 Å². The van der Waals surface area contributed by atoms with Gasteiger partial charge >= 0.3 is 18.6 Å². The number of carbonyl (C=O) groups is 2. The van der Waals surface area contributed by atoms with E-state index < -0.39 is 46.1 Å². The summed E-state index contributed by atoms with van der Waals surface area (Å²) in [4.78, 5) is 27.4. The molecule has 16 heteroatoms. The quantitative estimate of drug-likeness (QED) is 0.240. The summed E-state index contributed by atoms with van der Waals surface area (Å²) >= 11 is 12.7. The van der Waals surface area contributed by atoms with Gasteiger partial charge in [0.05, 0.1) is 24.2 Å². The number of rotatable bonds is 14. The highest BCUT2D eigenvalue weighted by Crippen LogP contribution is 2.37. The first-order chi connectivity index (χ1) is 20.5. The standard InChI is InChI=1S/C28H26Cl2F2N2O8S.H2O/c1-39-27(36)18-4-2-3-5-25(18)43(37,38)34-14-26(35)41-23(11-19-20(29)12-33-13-21(19)30)17-8-9-22(42-28(31)32)24(10-17)40-15-16-6-7-16;/h2-5,8-10,12-13,16,23,28,34H,6-7,11,14-15H2,1H3;1H2/t23-;/m0./s1. The van der Waals surface area contributed by atoms with E-state index in [9.17, 15) is 26.8 Å². The Morgan fingerprint density at radius 1 is 1.07 bits per heavy atom. The summed E-state index contributed by atoms with van der Waals surface area (Å²) in [5.41, 5.74) is 0.499. The first-order valence-electron chi connectivity index (χ1n) is 12.9. The van der Waals surface area contributed by atoms with Crippen LogP contribution in [0.4, 0.5) is 8.78 Å². The molecule has 1 fully saturated rings. The number of benzene rings is 2. The maximum Gasteiger partial charge on any atom is 0.387 e. The second kappa shape index (κ2) is 15.4. The average Bonchev–Trinajstić information content (AvgIpc) is 3.81. The van der Waals surface area contributed by atoms with Crippen LogP contribution >= 0.6 is 23.2 Å². The number of sulfonamides is 1. The third-order valence-corrected chi connectivity index (χ3v) is 8.51. The molecule has 4 rings (SSSR count). The Kier molecular flexibility index (Phi) is 12.3. The second-order valence-corrected chi connectivity index (χ2v) is 12.0. The van der Waals surface area contributed by atoms with Crippen LogP contribution in [0.3, 0.4) is 0 Å². The predicted octanol–water partition coefficient (Wildman–Crippen LogP) is 4.61. The van der Waals surface area contributed by atoms with Crippen LogP contribution in [-0.4, -0.2) is 52.7 Å². The molecule has 11 nitrogen and oxygen atoms in total. The molecule has 44 heavy (non-hydrogen) atoms. The number of aromatic amines is 1. The molecule has 1 aromatic heterocycles. The van der Waals surface area contributed by atoms with Crippen LogP contribution in [0.2, 0.25) is 10.0 Å². The zero-order chi connectivity index (χ0) is 31.1. The van der Waals surface area contributed by atoms with Gasteiger partial charge in [0.15, 0.2) is 23.9 Å². The van der Waals surface area contributed by atoms with Crippen molar-refractivity contribution in [2.45, 2.75) is 36.9 Å². The molecule has 0 radical (unpaired) electrons. The Hall–Kier alpha value is -3.56. The number of carbonyl (C=O) groups excluding carboxylic acids is 2. The first-order valence-corrected chi connectivity index (χ1v) is 15.1. The van der Waals surface area contributed by atoms with Crippen LogP contribution in [0, 0.1) is 5.92 Å². The van der Waals surface area contributed by atoms with Crippen molar-refractivity contribution in [1.82, 2.24) is 4.72 Å². The number of H-pyrrole nitrogens is 1. The zero-order valence-corrected chi connectivity index (χ0v) is 25.4. The van der Waals surface area contributed by atoms with Crippen molar-refractivity contribution >= 4 is 45.2 Å². The number of hydrogen-bond donors (Lipinski definition) is 1. The van der Waals surface area contributed by atoms with E-state index in [2.05, 4.69) is 19.2 Å². The van der Waals surface area contributed by atoms with Crippen molar-refractivity contribution in [2.75, 3.05) is 20.3 Å². The molecule has 238 valence electrons. The lowest BCUT2D eigenvalue weighted by Gasteiger charge is -2.21. The summed E-state index contributed by atoms with van der Waals surface area (Å²) in [6.45, 7) is -3.62. The monoisotopic (exact) mass is 676 g/mol. The lowest BCUT2D eigenvalue weighted by molar-refractivity contribution is -0.377. The van der Waals surface area contributed by atoms with Crippen LogP contribution in [-0.2, 0) is 30.7 Å². The van der Waals surface area contributed by atoms with E-state index in [4.69, 9.17) is 32.7 Å². The highest BCUT2D eigenvalue weighted by atomic mass is 35.5. The molecule has 1 saturated carbocycles. The lowest BCUT2D eigenvalue weighted by atomic mass is 10.0. The Balaban J connectivity index is 0.00000529. The van der Waals surface area contributed by atoms with E-state index in [1.165, 1.54) is 54.9 Å². The molecule has 0 saturated heterocycles. The van der Waals surface area contributed by atoms with Crippen LogP contribution in [0.25, 0.3) is 0 Å². The summed E-state index contributed by atoms with van der Waals surface area (Å²) in [5, 5.41) is 0.466. The topological polar surface area (TPSA) is 161 Å². The van der Waals surface area contributed by atoms with E-state index in [0.717, 1.165) is 20.0 Å². The van der Waals surface area contributed by atoms with Gasteiger partial charge in [-0.3, -0.25) is 4.79 Å². The summed E-state index contributed by atoms with van der Waals surface area (Å²) < 4.78 is 74.8. The smallest absolute Gasteiger partial charge is 0.387 e. The molecule has 3 aromatic rings. The molecule has 0 spiro atoms. The zero-order valence-electron chi connectivity index (χ0n) is 23.1. The van der Waals surface area contributed by atoms with Crippen LogP contribution in [0.5, 0.6) is 11.5 Å². The van der Waals surface area contributed by atoms with Crippen LogP contribution in [0.1, 0.15) is 40.4 Å². The van der Waals surface area contributed by atoms with Gasteiger partial charge in [0.2, 0.25) is 10.0 Å². The third kappa shape index (κ3) is 9.22. The van der Waals surface area contributed by atoms with Crippen molar-refractivity contribution in [2.24, 2.45) is 5.92 Å². The van der Waals surface area contributed by atoms with Crippen molar-refractivity contribution in [3.8, 4) is 11.5 Å². The second-order valence-electron chi connectivity index (χ2n) is 9.46. The fraction of sp³-hybridized carbons (Fsp3) is 0.321. The van der Waals surface area contributed by atoms with Gasteiger partial charge < -0.3 is 24.4 Å². The molecule has 1 aliphatic rings. The number of nitrogens with one attached hydrogen (secondary N) is 2. The molecular weight excluding hydrogens is 649 g/mol. The molecule has 2 aromatic carbocycles. The maximum absolute atomic E-state index is 13.1. The van der Waals surface area contributed by atoms with Gasteiger partial charge in [0.25, 0.3) is 0 Å². The van der Waals surface area contributed by atoms with Gasteiger partial charge in [-0.25, -0.2) is 18.2 Å². The highest BCUT2D eigenvalue weighted by Gasteiger charge is 2.28. The Morgan fingerprint density at radius 2 is 1.75 bits per heavy atom. The lowest BCUT2D eigenvalue weighted by Crippen LogP contribution is -2.32. The summed E-state index contributed by atoms with van der Waals surface area (Å²) in [6.07, 6.45) is 3.67. The van der Waals surface area contributed by atoms with Crippen LogP contribution < -0.4 is 19.2 Å². The SMILES string of the molecule is COC(=O)c1ccccc1S(=O)(=O)NCC(=O)O[C@@H](Cc1c(Cl)c[nH+]cc1Cl)c1ccc(OC(F)F)c(OCC2CC2)c1.[OH-]. The number of ether oxygens (including phenoxy) is 4. The minimum absolute atomic E-state index is 0. The highest BCUT2D eigenvalue weighted by molar-refractivity contribution is 7.89. The number of halogens is 4. The van der Waals surface area contributed by atoms with Crippen LogP contribution in [0.15, 0.2) is 59.8 Å². The number of esters is 2. The number of hydrogen-bond acceptors (Lipinski definition) is 9. The average molecular weight is 678 g/mol. The normalized spacial score (nSPS) is 13.5. The van der Waals surface area contributed by atoms with E-state index in [1.54, 1.807) is 0 Å². The minimum Gasteiger partial charge on any atom is -0.870 e. The summed E-state index contributed by atoms with van der Waals surface area (Å²) in [7, 11) is -3.25. The Morgan fingerprint density at radius 3 is 2.39 bits per heavy atom. The minimum atomic E-state index is -4.35. The first kappa shape index (κ1) is 34.9. The Labute approximate surface area is 261 Å². The number of pyridine rings is 1. The number of aromatic nitrogens is 1. The van der Waals surface area contributed by atoms with Gasteiger partial charge in [0, 0.05) is 12.0 Å². The number of methoxy groups -OCH3 is 1. The maximum atomic E-state index is 13.1. The summed E-state index contributed by atoms with van der Waals surface area (Å²) in [5.74, 6) is -1.76. The van der Waals surface area contributed by atoms with Gasteiger partial charge in [-0.15, -0.1) is 0 Å². The molecular formula is C28H28Cl2F2N2O9S. The van der Waals surface area contributed by atoms with E-state index in [-0.39, 0.29) is 45.6 Å². The molecule has 0 unspecified atom stereocenters. The molecule has 0 aliphatic heterocycles. The van der Waals surface area contributed by atoms with E-state index >= 15 is 0 Å². The van der Waals surface area contributed by atoms with E-state index in [0.29, 0.717) is 17.0 Å². The fourth-order valence-electron chi connectivity index (χ4n) is 4.02. The molecule has 1 aliphatic carbocycles. The van der Waals surface area contributed by atoms with Gasteiger partial charge in [-0.05, 0) is 48.6 Å². The van der Waals surface area contributed by atoms with Gasteiger partial charge in [0.1, 0.15) is 22.7 Å².